The second-order valence-corrected chi connectivity index (χ2v) is 6.81. The van der Waals surface area contributed by atoms with Crippen molar-refractivity contribution >= 4 is 5.91 Å². The van der Waals surface area contributed by atoms with Crippen molar-refractivity contribution in [2.45, 2.75) is 36.9 Å². The molecule has 2 aliphatic heterocycles. The van der Waals surface area contributed by atoms with Crippen molar-refractivity contribution in [3.05, 3.63) is 71.8 Å². The molecule has 2 aromatic rings. The minimum atomic E-state index is -1.02. The van der Waals surface area contributed by atoms with Crippen LogP contribution in [0.4, 0.5) is 0 Å². The molecule has 2 aromatic carbocycles. The van der Waals surface area contributed by atoms with Gasteiger partial charge in [0.1, 0.15) is 24.4 Å². The van der Waals surface area contributed by atoms with Crippen LogP contribution in [0.1, 0.15) is 22.2 Å². The van der Waals surface area contributed by atoms with Crippen LogP contribution >= 0.6 is 0 Å². The Kier molecular flexibility index (Phi) is 5.70. The summed E-state index contributed by atoms with van der Waals surface area (Å²) < 4.78 is 23.0. The third-order valence-corrected chi connectivity index (χ3v) is 5.00. The van der Waals surface area contributed by atoms with Crippen LogP contribution in [0.15, 0.2) is 60.7 Å². The summed E-state index contributed by atoms with van der Waals surface area (Å²) in [6, 6.07) is 17.5. The van der Waals surface area contributed by atoms with Gasteiger partial charge < -0.3 is 29.4 Å². The molecule has 5 unspecified atom stereocenters. The Morgan fingerprint density at radius 3 is 2.43 bits per heavy atom. The molecule has 2 N–H and O–H groups in total. The van der Waals surface area contributed by atoms with Gasteiger partial charge in [-0.3, -0.25) is 4.79 Å². The summed E-state index contributed by atoms with van der Waals surface area (Å²) in [5.74, 6) is -0.319. The molecule has 6 atom stereocenters. The van der Waals surface area contributed by atoms with E-state index in [1.54, 1.807) is 24.3 Å². The van der Waals surface area contributed by atoms with Crippen LogP contribution in [0, 0.1) is 0 Å². The van der Waals surface area contributed by atoms with Crippen molar-refractivity contribution in [1.82, 2.24) is 5.32 Å². The Labute approximate surface area is 163 Å². The standard InChI is InChI=1S/C21H23NO6/c1-25-21-16(22-19(24)13-8-4-2-5-9-13)17(23)18-15(27-21)12-26-20(28-18)14-10-6-3-7-11-14/h2-11,15-18,20-21,23H,12H2,1H3,(H,22,24)/t15?,16?,17?,18-,20?,21?/m0/s1. The van der Waals surface area contributed by atoms with E-state index in [9.17, 15) is 9.90 Å². The number of ether oxygens (including phenoxy) is 4. The summed E-state index contributed by atoms with van der Waals surface area (Å²) >= 11 is 0. The highest BCUT2D eigenvalue weighted by molar-refractivity contribution is 5.94. The van der Waals surface area contributed by atoms with Crippen LogP contribution in [0.2, 0.25) is 0 Å². The lowest BCUT2D eigenvalue weighted by Gasteiger charge is -2.47. The molecule has 0 bridgehead atoms. The maximum Gasteiger partial charge on any atom is 0.251 e. The molecular formula is C21H23NO6. The fourth-order valence-corrected chi connectivity index (χ4v) is 3.55. The Balaban J connectivity index is 1.50. The van der Waals surface area contributed by atoms with Gasteiger partial charge in [0, 0.05) is 18.2 Å². The first-order valence-corrected chi connectivity index (χ1v) is 9.21. The number of carbonyl (C=O) groups is 1. The van der Waals surface area contributed by atoms with Gasteiger partial charge in [0.2, 0.25) is 0 Å². The predicted molar refractivity (Wildman–Crippen MR) is 99.4 cm³/mol. The summed E-state index contributed by atoms with van der Waals surface area (Å²) in [6.07, 6.45) is -3.60. The van der Waals surface area contributed by atoms with Gasteiger partial charge in [-0.15, -0.1) is 0 Å². The molecule has 0 spiro atoms. The van der Waals surface area contributed by atoms with E-state index in [0.717, 1.165) is 5.56 Å². The molecule has 0 aliphatic carbocycles. The maximum atomic E-state index is 12.6. The van der Waals surface area contributed by atoms with Crippen molar-refractivity contribution in [2.24, 2.45) is 0 Å². The average Bonchev–Trinajstić information content (AvgIpc) is 2.76. The number of hydrogen-bond donors (Lipinski definition) is 2. The van der Waals surface area contributed by atoms with Crippen LogP contribution in [0.25, 0.3) is 0 Å². The van der Waals surface area contributed by atoms with E-state index >= 15 is 0 Å². The minimum Gasteiger partial charge on any atom is -0.388 e. The Bertz CT molecular complexity index is 786. The van der Waals surface area contributed by atoms with Gasteiger partial charge in [-0.1, -0.05) is 48.5 Å². The van der Waals surface area contributed by atoms with Gasteiger partial charge in [0.05, 0.1) is 6.61 Å². The first-order valence-electron chi connectivity index (χ1n) is 9.21. The van der Waals surface area contributed by atoms with Crippen molar-refractivity contribution in [1.29, 1.82) is 0 Å². The van der Waals surface area contributed by atoms with Crippen LogP contribution in [0.5, 0.6) is 0 Å². The Morgan fingerprint density at radius 2 is 1.75 bits per heavy atom. The highest BCUT2D eigenvalue weighted by Crippen LogP contribution is 2.34. The van der Waals surface area contributed by atoms with E-state index in [2.05, 4.69) is 5.32 Å². The zero-order valence-corrected chi connectivity index (χ0v) is 15.4. The first kappa shape index (κ1) is 19.0. The minimum absolute atomic E-state index is 0.250. The quantitative estimate of drug-likeness (QED) is 0.832. The van der Waals surface area contributed by atoms with E-state index in [-0.39, 0.29) is 12.5 Å². The first-order chi connectivity index (χ1) is 13.7. The van der Waals surface area contributed by atoms with E-state index in [4.69, 9.17) is 18.9 Å². The van der Waals surface area contributed by atoms with E-state index in [0.29, 0.717) is 5.56 Å². The molecule has 2 saturated heterocycles. The second kappa shape index (κ2) is 8.38. The third-order valence-electron chi connectivity index (χ3n) is 5.00. The average molecular weight is 385 g/mol. The molecule has 7 heteroatoms. The predicted octanol–water partition coefficient (Wildman–Crippen LogP) is 1.63. The number of fused-ring (bicyclic) bond motifs is 1. The number of carbonyl (C=O) groups excluding carboxylic acids is 1. The Morgan fingerprint density at radius 1 is 1.07 bits per heavy atom. The highest BCUT2D eigenvalue weighted by Gasteiger charge is 2.50. The molecule has 4 rings (SSSR count). The topological polar surface area (TPSA) is 86.2 Å². The summed E-state index contributed by atoms with van der Waals surface area (Å²) in [4.78, 5) is 12.6. The molecule has 2 fully saturated rings. The van der Waals surface area contributed by atoms with Gasteiger partial charge >= 0.3 is 0 Å². The molecule has 7 nitrogen and oxygen atoms in total. The molecule has 2 aliphatic rings. The molecule has 1 amide bonds. The molecule has 0 radical (unpaired) electrons. The van der Waals surface area contributed by atoms with Gasteiger partial charge in [-0.05, 0) is 12.1 Å². The number of rotatable bonds is 4. The lowest BCUT2D eigenvalue weighted by Crippen LogP contribution is -2.66. The van der Waals surface area contributed by atoms with Crippen LogP contribution < -0.4 is 5.32 Å². The fourth-order valence-electron chi connectivity index (χ4n) is 3.55. The van der Waals surface area contributed by atoms with Gasteiger partial charge in [-0.25, -0.2) is 0 Å². The number of benzene rings is 2. The zero-order valence-electron chi connectivity index (χ0n) is 15.4. The molecule has 0 aromatic heterocycles. The van der Waals surface area contributed by atoms with Crippen LogP contribution in [-0.4, -0.2) is 55.4 Å². The van der Waals surface area contributed by atoms with Crippen LogP contribution in [0.3, 0.4) is 0 Å². The zero-order chi connectivity index (χ0) is 19.5. The number of methoxy groups -OCH3 is 1. The van der Waals surface area contributed by atoms with Crippen LogP contribution in [-0.2, 0) is 18.9 Å². The number of amides is 1. The van der Waals surface area contributed by atoms with Crippen molar-refractivity contribution < 1.29 is 28.8 Å². The molecular weight excluding hydrogens is 362 g/mol. The van der Waals surface area contributed by atoms with Crippen molar-refractivity contribution in [3.63, 3.8) is 0 Å². The Hall–Kier alpha value is -2.29. The van der Waals surface area contributed by atoms with E-state index in [1.165, 1.54) is 7.11 Å². The third kappa shape index (κ3) is 3.80. The summed E-state index contributed by atoms with van der Waals surface area (Å²) in [6.45, 7) is 0.250. The smallest absolute Gasteiger partial charge is 0.251 e. The fraction of sp³-hybridized carbons (Fsp3) is 0.381. The van der Waals surface area contributed by atoms with Gasteiger partial charge in [0.15, 0.2) is 12.6 Å². The van der Waals surface area contributed by atoms with E-state index in [1.807, 2.05) is 36.4 Å². The molecule has 2 heterocycles. The van der Waals surface area contributed by atoms with Gasteiger partial charge in [0.25, 0.3) is 5.91 Å². The summed E-state index contributed by atoms with van der Waals surface area (Å²) in [7, 11) is 1.47. The normalized spacial score (nSPS) is 32.4. The summed E-state index contributed by atoms with van der Waals surface area (Å²) in [5, 5.41) is 13.8. The second-order valence-electron chi connectivity index (χ2n) is 6.81. The molecule has 0 saturated carbocycles. The van der Waals surface area contributed by atoms with Crippen molar-refractivity contribution in [2.75, 3.05) is 13.7 Å². The monoisotopic (exact) mass is 385 g/mol. The van der Waals surface area contributed by atoms with Gasteiger partial charge in [-0.2, -0.15) is 0 Å². The molecule has 28 heavy (non-hydrogen) atoms. The number of nitrogens with one attached hydrogen (secondary N) is 1. The number of aliphatic hydroxyl groups excluding tert-OH is 1. The van der Waals surface area contributed by atoms with E-state index < -0.39 is 36.9 Å². The lowest BCUT2D eigenvalue weighted by molar-refractivity contribution is -0.340. The largest absolute Gasteiger partial charge is 0.388 e. The molecule has 148 valence electrons. The summed E-state index contributed by atoms with van der Waals surface area (Å²) in [5.41, 5.74) is 1.34. The number of hydrogen-bond acceptors (Lipinski definition) is 6. The highest BCUT2D eigenvalue weighted by atomic mass is 16.7. The number of aliphatic hydroxyl groups is 1. The van der Waals surface area contributed by atoms with Crippen molar-refractivity contribution in [3.8, 4) is 0 Å². The maximum absolute atomic E-state index is 12.6. The SMILES string of the molecule is COC1OC2COC(c3ccccc3)O[C@@H]2C(O)C1NC(=O)c1ccccc1. The lowest BCUT2D eigenvalue weighted by atomic mass is 9.95.